The van der Waals surface area contributed by atoms with E-state index in [9.17, 15) is 9.90 Å². The van der Waals surface area contributed by atoms with Crippen molar-refractivity contribution in [2.24, 2.45) is 0 Å². The zero-order valence-corrected chi connectivity index (χ0v) is 13.0. The first-order valence-corrected chi connectivity index (χ1v) is 7.00. The maximum atomic E-state index is 11.2. The molecule has 1 aromatic carbocycles. The minimum Gasteiger partial charge on any atom is -0.478 e. The molecule has 0 saturated carbocycles. The van der Waals surface area contributed by atoms with E-state index in [0.29, 0.717) is 12.4 Å². The predicted molar refractivity (Wildman–Crippen MR) is 82.5 cm³/mol. The van der Waals surface area contributed by atoms with Gasteiger partial charge in [-0.05, 0) is 29.8 Å². The lowest BCUT2D eigenvalue weighted by molar-refractivity contribution is 0.0697. The third-order valence-corrected chi connectivity index (χ3v) is 3.45. The molecule has 20 heavy (non-hydrogen) atoms. The number of aromatic nitrogens is 1. The van der Waals surface area contributed by atoms with Gasteiger partial charge in [0, 0.05) is 18.1 Å². The average molecular weight is 356 g/mol. The van der Waals surface area contributed by atoms with E-state index >= 15 is 0 Å². The van der Waals surface area contributed by atoms with Crippen LogP contribution in [0.3, 0.4) is 0 Å². The Hall–Kier alpha value is -1.59. The van der Waals surface area contributed by atoms with Crippen molar-refractivity contribution < 1.29 is 9.90 Å². The predicted octanol–water partition coefficient (Wildman–Crippen LogP) is 3.83. The zero-order valence-electron chi connectivity index (χ0n) is 10.7. The number of carboxylic acids is 1. The van der Waals surface area contributed by atoms with E-state index in [4.69, 9.17) is 11.6 Å². The van der Waals surface area contributed by atoms with Crippen molar-refractivity contribution >= 4 is 39.3 Å². The Balaban J connectivity index is 2.31. The molecule has 0 saturated heterocycles. The highest BCUT2D eigenvalue weighted by Crippen LogP contribution is 2.22. The largest absolute Gasteiger partial charge is 0.478 e. The fourth-order valence-corrected chi connectivity index (χ4v) is 2.46. The molecule has 0 bridgehead atoms. The van der Waals surface area contributed by atoms with Crippen LogP contribution in [0.25, 0.3) is 0 Å². The van der Waals surface area contributed by atoms with Crippen LogP contribution in [0.5, 0.6) is 0 Å². The highest BCUT2D eigenvalue weighted by Gasteiger charge is 2.16. The molecule has 2 aromatic rings. The van der Waals surface area contributed by atoms with Crippen LogP contribution in [0.15, 0.2) is 40.9 Å². The van der Waals surface area contributed by atoms with Gasteiger partial charge in [-0.2, -0.15) is 0 Å². The summed E-state index contributed by atoms with van der Waals surface area (Å²) in [6.45, 7) is 0.535. The van der Waals surface area contributed by atoms with Gasteiger partial charge in [-0.1, -0.05) is 39.7 Å². The number of carboxylic acid groups (broad SMARTS) is 1. The van der Waals surface area contributed by atoms with Crippen molar-refractivity contribution in [2.45, 2.75) is 6.54 Å². The molecular formula is C14H12BrClN2O2. The number of nitrogens with zero attached hydrogens (tertiary/aromatic N) is 2. The number of rotatable bonds is 4. The van der Waals surface area contributed by atoms with Gasteiger partial charge in [0.05, 0.1) is 0 Å². The van der Waals surface area contributed by atoms with E-state index in [1.54, 1.807) is 11.9 Å². The van der Waals surface area contributed by atoms with Crippen molar-refractivity contribution in [2.75, 3.05) is 11.9 Å². The van der Waals surface area contributed by atoms with Gasteiger partial charge < -0.3 is 10.0 Å². The summed E-state index contributed by atoms with van der Waals surface area (Å²) in [5.74, 6) is -0.671. The molecule has 4 nitrogen and oxygen atoms in total. The van der Waals surface area contributed by atoms with Gasteiger partial charge in [0.15, 0.2) is 0 Å². The number of hydrogen-bond donors (Lipinski definition) is 1. The molecule has 1 aromatic heterocycles. The van der Waals surface area contributed by atoms with E-state index in [2.05, 4.69) is 20.9 Å². The van der Waals surface area contributed by atoms with Crippen molar-refractivity contribution in [1.82, 2.24) is 4.98 Å². The third-order valence-electron chi connectivity index (χ3n) is 2.74. The van der Waals surface area contributed by atoms with Crippen LogP contribution in [0.2, 0.25) is 5.15 Å². The molecule has 0 aliphatic carbocycles. The fourth-order valence-electron chi connectivity index (χ4n) is 1.87. The normalized spacial score (nSPS) is 10.3. The molecule has 6 heteroatoms. The van der Waals surface area contributed by atoms with Crippen molar-refractivity contribution in [3.05, 3.63) is 57.2 Å². The van der Waals surface area contributed by atoms with E-state index in [0.717, 1.165) is 10.0 Å². The molecule has 0 amide bonds. The van der Waals surface area contributed by atoms with Gasteiger partial charge in [0.1, 0.15) is 16.5 Å². The molecule has 0 atom stereocenters. The number of anilines is 1. The van der Waals surface area contributed by atoms with Crippen LogP contribution in [0.4, 0.5) is 5.82 Å². The summed E-state index contributed by atoms with van der Waals surface area (Å²) in [6, 6.07) is 10.7. The Kier molecular flexibility index (Phi) is 4.62. The zero-order chi connectivity index (χ0) is 14.7. The third kappa shape index (κ3) is 3.49. The molecule has 0 unspecified atom stereocenters. The van der Waals surface area contributed by atoms with Gasteiger partial charge in [-0.25, -0.2) is 9.78 Å². The van der Waals surface area contributed by atoms with Crippen LogP contribution in [-0.2, 0) is 6.54 Å². The summed E-state index contributed by atoms with van der Waals surface area (Å²) in [5, 5.41) is 9.47. The molecule has 2 rings (SSSR count). The number of halogens is 2. The first-order chi connectivity index (χ1) is 9.47. The molecule has 1 heterocycles. The molecule has 104 valence electrons. The van der Waals surface area contributed by atoms with Crippen molar-refractivity contribution in [3.63, 3.8) is 0 Å². The summed E-state index contributed by atoms with van der Waals surface area (Å²) in [5.41, 5.74) is 1.17. The van der Waals surface area contributed by atoms with E-state index < -0.39 is 5.97 Å². The van der Waals surface area contributed by atoms with Crippen molar-refractivity contribution in [1.29, 1.82) is 0 Å². The fraction of sp³-hybridized carbons (Fsp3) is 0.143. The molecule has 0 spiro atoms. The van der Waals surface area contributed by atoms with E-state index in [-0.39, 0.29) is 10.7 Å². The van der Waals surface area contributed by atoms with Crippen molar-refractivity contribution in [3.8, 4) is 0 Å². The van der Waals surface area contributed by atoms with Gasteiger partial charge in [-0.15, -0.1) is 0 Å². The van der Waals surface area contributed by atoms with E-state index in [1.807, 2.05) is 24.3 Å². The Morgan fingerprint density at radius 1 is 1.40 bits per heavy atom. The second kappa shape index (κ2) is 6.24. The molecule has 0 aliphatic heterocycles. The number of aromatic carboxylic acids is 1. The van der Waals surface area contributed by atoms with Crippen LogP contribution in [0.1, 0.15) is 15.9 Å². The summed E-state index contributed by atoms with van der Waals surface area (Å²) < 4.78 is 0.973. The lowest BCUT2D eigenvalue weighted by atomic mass is 10.2. The Morgan fingerprint density at radius 2 is 2.15 bits per heavy atom. The Bertz CT molecular complexity index is 649. The second-order valence-corrected chi connectivity index (χ2v) is 5.60. The SMILES string of the molecule is CN(Cc1cccc(Br)c1)c1nc(Cl)ccc1C(=O)O. The quantitative estimate of drug-likeness (QED) is 0.847. The minimum absolute atomic E-state index is 0.131. The Morgan fingerprint density at radius 3 is 2.80 bits per heavy atom. The molecule has 0 radical (unpaired) electrons. The molecule has 0 fully saturated rings. The maximum absolute atomic E-state index is 11.2. The summed E-state index contributed by atoms with van der Waals surface area (Å²) in [6.07, 6.45) is 0. The monoisotopic (exact) mass is 354 g/mol. The van der Waals surface area contributed by atoms with Crippen LogP contribution in [0, 0.1) is 0 Å². The van der Waals surface area contributed by atoms with Crippen LogP contribution in [-0.4, -0.2) is 23.1 Å². The lowest BCUT2D eigenvalue weighted by Gasteiger charge is -2.20. The second-order valence-electron chi connectivity index (χ2n) is 4.30. The van der Waals surface area contributed by atoms with Gasteiger partial charge in [0.2, 0.25) is 0 Å². The van der Waals surface area contributed by atoms with Crippen LogP contribution >= 0.6 is 27.5 Å². The highest BCUT2D eigenvalue weighted by atomic mass is 79.9. The Labute approximate surface area is 130 Å². The first kappa shape index (κ1) is 14.8. The van der Waals surface area contributed by atoms with Gasteiger partial charge in [-0.3, -0.25) is 0 Å². The summed E-state index contributed by atoms with van der Waals surface area (Å²) in [7, 11) is 1.78. The van der Waals surface area contributed by atoms with E-state index in [1.165, 1.54) is 12.1 Å². The smallest absolute Gasteiger partial charge is 0.339 e. The number of benzene rings is 1. The van der Waals surface area contributed by atoms with Crippen LogP contribution < -0.4 is 4.90 Å². The lowest BCUT2D eigenvalue weighted by Crippen LogP contribution is -2.21. The number of pyridine rings is 1. The summed E-state index contributed by atoms with van der Waals surface area (Å²) >= 11 is 9.26. The topological polar surface area (TPSA) is 53.4 Å². The first-order valence-electron chi connectivity index (χ1n) is 5.83. The molecular weight excluding hydrogens is 344 g/mol. The maximum Gasteiger partial charge on any atom is 0.339 e. The summed E-state index contributed by atoms with van der Waals surface area (Å²) in [4.78, 5) is 17.1. The average Bonchev–Trinajstić information content (AvgIpc) is 2.38. The van der Waals surface area contributed by atoms with Gasteiger partial charge >= 0.3 is 5.97 Å². The minimum atomic E-state index is -1.02. The number of carbonyl (C=O) groups is 1. The molecule has 1 N–H and O–H groups in total. The van der Waals surface area contributed by atoms with Gasteiger partial charge in [0.25, 0.3) is 0 Å². The highest BCUT2D eigenvalue weighted by molar-refractivity contribution is 9.10. The number of hydrogen-bond acceptors (Lipinski definition) is 3. The molecule has 0 aliphatic rings. The standard InChI is InChI=1S/C14H12BrClN2O2/c1-18(8-9-3-2-4-10(15)7-9)13-11(14(19)20)5-6-12(16)17-13/h2-7H,8H2,1H3,(H,19,20).